The first-order valence-electron chi connectivity index (χ1n) is 10.1. The standard InChI is InChI=1S/C23H23ClN4O3/c1-15-12-18(8-9-19(15)24)31-20-14-25-27(2)23(30)21(20)26-17-7-5-6-16(13-17)22(29)28-10-3-4-11-28/h5-9,12-14,26H,3-4,10-11H2,1-2H3. The van der Waals surface area contributed by atoms with E-state index in [4.69, 9.17) is 16.3 Å². The predicted molar refractivity (Wildman–Crippen MR) is 121 cm³/mol. The highest BCUT2D eigenvalue weighted by Gasteiger charge is 2.20. The topological polar surface area (TPSA) is 76.5 Å². The quantitative estimate of drug-likeness (QED) is 0.634. The maximum Gasteiger partial charge on any atom is 0.294 e. The van der Waals surface area contributed by atoms with Crippen LogP contribution < -0.4 is 15.6 Å². The Labute approximate surface area is 185 Å². The van der Waals surface area contributed by atoms with Crippen molar-refractivity contribution < 1.29 is 9.53 Å². The van der Waals surface area contributed by atoms with Gasteiger partial charge in [0, 0.05) is 36.4 Å². The number of hydrogen-bond acceptors (Lipinski definition) is 5. The van der Waals surface area contributed by atoms with Crippen molar-refractivity contribution in [3.8, 4) is 11.5 Å². The summed E-state index contributed by atoms with van der Waals surface area (Å²) in [6.07, 6.45) is 3.54. The molecule has 0 radical (unpaired) electrons. The van der Waals surface area contributed by atoms with Gasteiger partial charge < -0.3 is 15.0 Å². The van der Waals surface area contributed by atoms with Crippen LogP contribution in [0, 0.1) is 6.92 Å². The molecule has 3 aromatic rings. The first-order valence-corrected chi connectivity index (χ1v) is 10.5. The van der Waals surface area contributed by atoms with Crippen LogP contribution in [0.5, 0.6) is 11.5 Å². The molecule has 2 aromatic carbocycles. The van der Waals surface area contributed by atoms with E-state index >= 15 is 0 Å². The maximum absolute atomic E-state index is 12.8. The number of aromatic nitrogens is 2. The summed E-state index contributed by atoms with van der Waals surface area (Å²) in [6, 6.07) is 12.4. The number of benzene rings is 2. The number of carbonyl (C=O) groups excluding carboxylic acids is 1. The van der Waals surface area contributed by atoms with E-state index in [0.717, 1.165) is 31.5 Å². The third-order valence-corrected chi connectivity index (χ3v) is 5.66. The first kappa shape index (κ1) is 20.9. The molecule has 0 atom stereocenters. The molecule has 0 unspecified atom stereocenters. The summed E-state index contributed by atoms with van der Waals surface area (Å²) in [6.45, 7) is 3.43. The SMILES string of the molecule is Cc1cc(Oc2cnn(C)c(=O)c2Nc2cccc(C(=O)N3CCCC3)c2)ccc1Cl. The fourth-order valence-corrected chi connectivity index (χ4v) is 3.62. The zero-order valence-electron chi connectivity index (χ0n) is 17.4. The third kappa shape index (κ3) is 4.56. The van der Waals surface area contributed by atoms with Crippen molar-refractivity contribution in [2.75, 3.05) is 18.4 Å². The largest absolute Gasteiger partial charge is 0.453 e. The lowest BCUT2D eigenvalue weighted by molar-refractivity contribution is 0.0793. The Morgan fingerprint density at radius 1 is 1.16 bits per heavy atom. The van der Waals surface area contributed by atoms with Crippen LogP contribution in [0.1, 0.15) is 28.8 Å². The van der Waals surface area contributed by atoms with Gasteiger partial charge in [-0.05, 0) is 61.7 Å². The Kier molecular flexibility index (Phi) is 5.95. The molecule has 1 saturated heterocycles. The Hall–Kier alpha value is -3.32. The molecule has 160 valence electrons. The van der Waals surface area contributed by atoms with Crippen molar-refractivity contribution in [1.82, 2.24) is 14.7 Å². The minimum atomic E-state index is -0.348. The van der Waals surface area contributed by atoms with Crippen LogP contribution in [0.2, 0.25) is 5.02 Å². The summed E-state index contributed by atoms with van der Waals surface area (Å²) in [4.78, 5) is 27.4. The normalized spacial score (nSPS) is 13.3. The van der Waals surface area contributed by atoms with Gasteiger partial charge in [-0.3, -0.25) is 9.59 Å². The lowest BCUT2D eigenvalue weighted by Gasteiger charge is -2.17. The molecule has 0 bridgehead atoms. The van der Waals surface area contributed by atoms with Crippen molar-refractivity contribution in [3.63, 3.8) is 0 Å². The number of amides is 1. The summed E-state index contributed by atoms with van der Waals surface area (Å²) in [5.41, 5.74) is 1.94. The van der Waals surface area contributed by atoms with Gasteiger partial charge in [-0.15, -0.1) is 0 Å². The Morgan fingerprint density at radius 2 is 1.94 bits per heavy atom. The molecule has 1 aliphatic heterocycles. The van der Waals surface area contributed by atoms with E-state index in [1.54, 1.807) is 49.5 Å². The molecule has 1 amide bonds. The molecule has 2 heterocycles. The van der Waals surface area contributed by atoms with Crippen molar-refractivity contribution >= 4 is 28.9 Å². The van der Waals surface area contributed by atoms with Gasteiger partial charge in [0.1, 0.15) is 5.75 Å². The number of carbonyl (C=O) groups is 1. The van der Waals surface area contributed by atoms with Gasteiger partial charge in [0.2, 0.25) is 0 Å². The highest BCUT2D eigenvalue weighted by atomic mass is 35.5. The molecule has 8 heteroatoms. The van der Waals surface area contributed by atoms with Crippen LogP contribution in [-0.2, 0) is 7.05 Å². The number of nitrogens with zero attached hydrogens (tertiary/aromatic N) is 3. The molecule has 0 spiro atoms. The highest BCUT2D eigenvalue weighted by Crippen LogP contribution is 2.30. The van der Waals surface area contributed by atoms with Gasteiger partial charge >= 0.3 is 0 Å². The minimum Gasteiger partial charge on any atom is -0.453 e. The molecule has 0 saturated carbocycles. The fourth-order valence-electron chi connectivity index (χ4n) is 3.50. The minimum absolute atomic E-state index is 0.00288. The van der Waals surface area contributed by atoms with Crippen LogP contribution in [-0.4, -0.2) is 33.7 Å². The lowest BCUT2D eigenvalue weighted by Crippen LogP contribution is -2.27. The van der Waals surface area contributed by atoms with E-state index in [0.29, 0.717) is 22.0 Å². The third-order valence-electron chi connectivity index (χ3n) is 5.23. The molecule has 31 heavy (non-hydrogen) atoms. The summed E-state index contributed by atoms with van der Waals surface area (Å²) in [7, 11) is 1.57. The molecule has 1 aromatic heterocycles. The molecular weight excluding hydrogens is 416 g/mol. The van der Waals surface area contributed by atoms with Crippen LogP contribution in [0.4, 0.5) is 11.4 Å². The number of ether oxygens (including phenoxy) is 1. The lowest BCUT2D eigenvalue weighted by atomic mass is 10.1. The molecule has 1 fully saturated rings. The van der Waals surface area contributed by atoms with Gasteiger partial charge in [0.25, 0.3) is 11.5 Å². The number of nitrogens with one attached hydrogen (secondary N) is 1. The zero-order valence-corrected chi connectivity index (χ0v) is 18.1. The average molecular weight is 439 g/mol. The van der Waals surface area contributed by atoms with Gasteiger partial charge in [0.15, 0.2) is 11.4 Å². The average Bonchev–Trinajstić information content (AvgIpc) is 3.30. The van der Waals surface area contributed by atoms with Gasteiger partial charge in [-0.25, -0.2) is 4.68 Å². The molecule has 1 aliphatic rings. The Morgan fingerprint density at radius 3 is 2.68 bits per heavy atom. The number of aryl methyl sites for hydroxylation is 2. The molecule has 4 rings (SSSR count). The molecular formula is C23H23ClN4O3. The van der Waals surface area contributed by atoms with Gasteiger partial charge in [0.05, 0.1) is 6.20 Å². The van der Waals surface area contributed by atoms with Crippen molar-refractivity contribution in [3.05, 3.63) is 75.2 Å². The van der Waals surface area contributed by atoms with E-state index in [9.17, 15) is 9.59 Å². The second kappa shape index (κ2) is 8.81. The fraction of sp³-hybridized carbons (Fsp3) is 0.261. The number of hydrogen-bond donors (Lipinski definition) is 1. The van der Waals surface area contributed by atoms with Gasteiger partial charge in [-0.2, -0.15) is 5.10 Å². The Balaban J connectivity index is 1.64. The smallest absolute Gasteiger partial charge is 0.294 e. The Bertz CT molecular complexity index is 1190. The number of anilines is 2. The number of likely N-dealkylation sites (tertiary alicyclic amines) is 1. The second-order valence-electron chi connectivity index (χ2n) is 7.53. The van der Waals surface area contributed by atoms with Crippen LogP contribution in [0.15, 0.2) is 53.5 Å². The number of rotatable bonds is 5. The van der Waals surface area contributed by atoms with Crippen LogP contribution >= 0.6 is 11.6 Å². The van der Waals surface area contributed by atoms with Crippen LogP contribution in [0.25, 0.3) is 0 Å². The molecule has 7 nitrogen and oxygen atoms in total. The van der Waals surface area contributed by atoms with E-state index in [1.807, 2.05) is 11.8 Å². The zero-order chi connectivity index (χ0) is 22.0. The van der Waals surface area contributed by atoms with Crippen LogP contribution in [0.3, 0.4) is 0 Å². The summed E-state index contributed by atoms with van der Waals surface area (Å²) >= 11 is 6.09. The summed E-state index contributed by atoms with van der Waals surface area (Å²) < 4.78 is 7.16. The monoisotopic (exact) mass is 438 g/mol. The summed E-state index contributed by atoms with van der Waals surface area (Å²) in [5.74, 6) is 0.816. The van der Waals surface area contributed by atoms with E-state index < -0.39 is 0 Å². The van der Waals surface area contributed by atoms with Gasteiger partial charge in [-0.1, -0.05) is 17.7 Å². The van der Waals surface area contributed by atoms with Crippen molar-refractivity contribution in [2.45, 2.75) is 19.8 Å². The highest BCUT2D eigenvalue weighted by molar-refractivity contribution is 6.31. The van der Waals surface area contributed by atoms with E-state index in [-0.39, 0.29) is 22.9 Å². The van der Waals surface area contributed by atoms with Crippen molar-refractivity contribution in [1.29, 1.82) is 0 Å². The maximum atomic E-state index is 12.8. The summed E-state index contributed by atoms with van der Waals surface area (Å²) in [5, 5.41) is 7.82. The van der Waals surface area contributed by atoms with E-state index in [2.05, 4.69) is 10.4 Å². The van der Waals surface area contributed by atoms with E-state index in [1.165, 1.54) is 10.9 Å². The first-order chi connectivity index (χ1) is 14.9. The molecule has 0 aliphatic carbocycles. The second-order valence-corrected chi connectivity index (χ2v) is 7.94. The number of halogens is 1. The molecule has 1 N–H and O–H groups in total. The van der Waals surface area contributed by atoms with Crippen molar-refractivity contribution in [2.24, 2.45) is 7.05 Å². The predicted octanol–water partition coefficient (Wildman–Crippen LogP) is 4.51.